The summed E-state index contributed by atoms with van der Waals surface area (Å²) in [6.45, 7) is 4.81. The second-order valence-corrected chi connectivity index (χ2v) is 28.8. The second-order valence-electron chi connectivity index (χ2n) is 27.4. The molecule has 3 unspecified atom stereocenters. The van der Waals surface area contributed by atoms with Crippen LogP contribution in [0, 0.1) is 0 Å². The molecule has 3 atom stereocenters. The van der Waals surface area contributed by atoms with Crippen molar-refractivity contribution in [1.82, 2.24) is 5.32 Å². The van der Waals surface area contributed by atoms with Gasteiger partial charge in [-0.15, -0.1) is 0 Å². The van der Waals surface area contributed by atoms with Crippen molar-refractivity contribution in [3.05, 3.63) is 97.2 Å². The molecule has 3 N–H and O–H groups in total. The van der Waals surface area contributed by atoms with E-state index in [2.05, 4.69) is 116 Å². The largest absolute Gasteiger partial charge is 0.472 e. The number of rotatable bonds is 71. The summed E-state index contributed by atoms with van der Waals surface area (Å²) >= 11 is 0. The molecular weight excluding hydrogens is 1130 g/mol. The van der Waals surface area contributed by atoms with Crippen LogP contribution in [-0.2, 0) is 18.4 Å². The quantitative estimate of drug-likeness (QED) is 0.0243. The van der Waals surface area contributed by atoms with Gasteiger partial charge in [0.05, 0.1) is 39.9 Å². The van der Waals surface area contributed by atoms with Gasteiger partial charge in [0.1, 0.15) is 13.2 Å². The molecule has 1 amide bonds. The van der Waals surface area contributed by atoms with Crippen LogP contribution in [0.15, 0.2) is 97.2 Å². The van der Waals surface area contributed by atoms with E-state index in [1.54, 1.807) is 0 Å². The summed E-state index contributed by atoms with van der Waals surface area (Å²) in [6.07, 6.45) is 102. The fourth-order valence-electron chi connectivity index (χ4n) is 11.4. The van der Waals surface area contributed by atoms with E-state index in [0.717, 1.165) is 89.9 Å². The number of nitrogens with zero attached hydrogens (tertiary/aromatic N) is 1. The Hall–Kier alpha value is -2.58. The lowest BCUT2D eigenvalue weighted by molar-refractivity contribution is -0.870. The van der Waals surface area contributed by atoms with Gasteiger partial charge in [-0.3, -0.25) is 13.8 Å². The maximum absolute atomic E-state index is 13.1. The SMILES string of the molecule is CC/C=C\C/C=C\C/C=C\C/C=C\C/C=C\C/C=C\C/C=C\C/C=C\CCCCCCCCCCCCCCC(=O)NC(COP(=O)(O)OCC[N+](C)(C)C)C(O)CCCCCCCCCCCCCCCCCCCCCCCCCCCCCCCCC. The maximum atomic E-state index is 13.1. The lowest BCUT2D eigenvalue weighted by Gasteiger charge is -2.26. The molecule has 0 radical (unpaired) electrons. The highest BCUT2D eigenvalue weighted by Crippen LogP contribution is 2.43. The average molecular weight is 1280 g/mol. The zero-order chi connectivity index (χ0) is 65.5. The second kappa shape index (κ2) is 70.7. The number of unbranched alkanes of at least 4 members (excludes halogenated alkanes) is 42. The normalized spacial score (nSPS) is 14.1. The van der Waals surface area contributed by atoms with Crippen molar-refractivity contribution in [3.63, 3.8) is 0 Å². The molecule has 0 aromatic carbocycles. The van der Waals surface area contributed by atoms with Gasteiger partial charge in [-0.05, 0) is 77.0 Å². The van der Waals surface area contributed by atoms with Crippen LogP contribution < -0.4 is 5.32 Å². The zero-order valence-corrected chi connectivity index (χ0v) is 61.0. The van der Waals surface area contributed by atoms with Gasteiger partial charge in [0.25, 0.3) is 0 Å². The number of amides is 1. The molecule has 0 aliphatic rings. The molecule has 0 spiro atoms. The van der Waals surface area contributed by atoms with E-state index >= 15 is 0 Å². The summed E-state index contributed by atoms with van der Waals surface area (Å²) in [6, 6.07) is -0.769. The molecule has 0 aromatic heterocycles. The van der Waals surface area contributed by atoms with Gasteiger partial charge < -0.3 is 19.8 Å². The molecule has 0 saturated carbocycles. The van der Waals surface area contributed by atoms with Gasteiger partial charge in [0, 0.05) is 6.42 Å². The molecule has 0 fully saturated rings. The highest BCUT2D eigenvalue weighted by molar-refractivity contribution is 7.47. The summed E-state index contributed by atoms with van der Waals surface area (Å²) in [5, 5.41) is 14.2. The van der Waals surface area contributed by atoms with Crippen LogP contribution in [0.3, 0.4) is 0 Å². The molecule has 0 aromatic rings. The number of phosphoric ester groups is 1. The summed E-state index contributed by atoms with van der Waals surface area (Å²) < 4.78 is 23.9. The van der Waals surface area contributed by atoms with E-state index in [-0.39, 0.29) is 19.1 Å². The first-order valence-electron chi connectivity index (χ1n) is 38.6. The molecule has 8 nitrogen and oxygen atoms in total. The number of hydrogen-bond acceptors (Lipinski definition) is 5. The predicted molar refractivity (Wildman–Crippen MR) is 396 cm³/mol. The highest BCUT2D eigenvalue weighted by Gasteiger charge is 2.28. The van der Waals surface area contributed by atoms with Crippen molar-refractivity contribution in [1.29, 1.82) is 0 Å². The fourth-order valence-corrected chi connectivity index (χ4v) is 12.2. The molecule has 0 aliphatic carbocycles. The molecule has 90 heavy (non-hydrogen) atoms. The molecule has 9 heteroatoms. The van der Waals surface area contributed by atoms with Crippen molar-refractivity contribution in [2.24, 2.45) is 0 Å². The van der Waals surface area contributed by atoms with E-state index in [1.807, 2.05) is 21.1 Å². The summed E-state index contributed by atoms with van der Waals surface area (Å²) in [5.74, 6) is -0.145. The smallest absolute Gasteiger partial charge is 0.391 e. The number of likely N-dealkylation sites (N-methyl/N-ethyl adjacent to an activating group) is 1. The van der Waals surface area contributed by atoms with Crippen LogP contribution in [0.2, 0.25) is 0 Å². The van der Waals surface area contributed by atoms with Crippen molar-refractivity contribution >= 4 is 13.7 Å². The third-order valence-electron chi connectivity index (χ3n) is 17.3. The van der Waals surface area contributed by atoms with Crippen LogP contribution >= 0.6 is 7.82 Å². The standard InChI is InChI=1S/C81H149N2O6P/c1-6-8-10-12-14-16-18-20-22-24-26-28-30-32-34-36-38-39-40-41-42-43-45-47-49-51-53-55-57-59-61-63-65-67-69-71-73-75-81(85)82-79(78-89-90(86,87)88-77-76-83(3,4)5)80(84)74-72-70-68-66-64-62-60-58-56-54-52-50-48-46-44-37-35-33-31-29-27-25-23-21-19-17-15-13-11-9-7-2/h8,10,14,16,20,22,26,28,32,34,38-39,41-42,45,47,79-80,84H,6-7,9,11-13,15,17-19,21,23-25,27,29-31,33,35-37,40,43-44,46,48-78H2,1-5H3,(H-,82,85,86,87)/p+1/b10-8-,16-14-,22-20-,28-26-,34-32-,39-38-,42-41-,47-45-. The number of aliphatic hydroxyl groups is 1. The average Bonchev–Trinajstić information content (AvgIpc) is 3.18. The number of carbonyl (C=O) groups excluding carboxylic acids is 1. The molecule has 0 saturated heterocycles. The van der Waals surface area contributed by atoms with Crippen molar-refractivity contribution < 1.29 is 32.9 Å². The molecular formula is C81H150N2O6P+. The number of hydrogen-bond donors (Lipinski definition) is 3. The Kier molecular flexibility index (Phi) is 68.7. The Morgan fingerprint density at radius 1 is 0.389 bits per heavy atom. The van der Waals surface area contributed by atoms with Crippen LogP contribution in [0.1, 0.15) is 361 Å². The Morgan fingerprint density at radius 3 is 0.978 bits per heavy atom. The Morgan fingerprint density at radius 2 is 0.667 bits per heavy atom. The number of quaternary nitrogens is 1. The number of phosphoric acid groups is 1. The van der Waals surface area contributed by atoms with Gasteiger partial charge in [0.2, 0.25) is 5.91 Å². The number of carbonyl (C=O) groups is 1. The molecule has 0 bridgehead atoms. The highest BCUT2D eigenvalue weighted by atomic mass is 31.2. The monoisotopic (exact) mass is 1280 g/mol. The number of allylic oxidation sites excluding steroid dienone is 16. The van der Waals surface area contributed by atoms with E-state index in [0.29, 0.717) is 23.9 Å². The first-order valence-corrected chi connectivity index (χ1v) is 40.1. The first kappa shape index (κ1) is 87.4. The fraction of sp³-hybridized carbons (Fsp3) is 0.790. The van der Waals surface area contributed by atoms with Crippen LogP contribution in [0.4, 0.5) is 0 Å². The van der Waals surface area contributed by atoms with E-state index in [9.17, 15) is 19.4 Å². The molecule has 524 valence electrons. The van der Waals surface area contributed by atoms with Gasteiger partial charge in [-0.25, -0.2) is 4.57 Å². The predicted octanol–water partition coefficient (Wildman–Crippen LogP) is 25.2. The van der Waals surface area contributed by atoms with Crippen LogP contribution in [0.25, 0.3) is 0 Å². The van der Waals surface area contributed by atoms with Gasteiger partial charge >= 0.3 is 7.82 Å². The Balaban J connectivity index is 4.01. The Labute approximate surface area is 559 Å². The van der Waals surface area contributed by atoms with Crippen molar-refractivity contribution in [2.75, 3.05) is 40.9 Å². The third-order valence-corrected chi connectivity index (χ3v) is 18.3. The minimum Gasteiger partial charge on any atom is -0.391 e. The third kappa shape index (κ3) is 72.8. The molecule has 0 heterocycles. The van der Waals surface area contributed by atoms with Crippen molar-refractivity contribution in [2.45, 2.75) is 373 Å². The first-order chi connectivity index (χ1) is 44.0. The lowest BCUT2D eigenvalue weighted by atomic mass is 10.0. The van der Waals surface area contributed by atoms with E-state index in [1.165, 1.54) is 244 Å². The number of nitrogens with one attached hydrogen (secondary N) is 1. The van der Waals surface area contributed by atoms with Gasteiger partial charge in [-0.2, -0.15) is 0 Å². The molecule has 0 aliphatic heterocycles. The minimum atomic E-state index is -4.34. The van der Waals surface area contributed by atoms with E-state index in [4.69, 9.17) is 9.05 Å². The van der Waals surface area contributed by atoms with E-state index < -0.39 is 20.0 Å². The minimum absolute atomic E-state index is 0.0718. The molecule has 0 rings (SSSR count). The Bertz CT molecular complexity index is 1790. The van der Waals surface area contributed by atoms with Gasteiger partial charge in [0.15, 0.2) is 0 Å². The summed E-state index contributed by atoms with van der Waals surface area (Å²) in [7, 11) is 1.62. The van der Waals surface area contributed by atoms with Crippen LogP contribution in [-0.4, -0.2) is 73.4 Å². The maximum Gasteiger partial charge on any atom is 0.472 e. The summed E-state index contributed by atoms with van der Waals surface area (Å²) in [4.78, 5) is 23.5. The number of aliphatic hydroxyl groups excluding tert-OH is 1. The topological polar surface area (TPSA) is 105 Å². The van der Waals surface area contributed by atoms with Gasteiger partial charge in [-0.1, -0.05) is 374 Å². The van der Waals surface area contributed by atoms with Crippen molar-refractivity contribution in [3.8, 4) is 0 Å². The lowest BCUT2D eigenvalue weighted by Crippen LogP contribution is -2.46. The zero-order valence-electron chi connectivity index (χ0n) is 60.1. The summed E-state index contributed by atoms with van der Waals surface area (Å²) in [5.41, 5.74) is 0. The van der Waals surface area contributed by atoms with Crippen LogP contribution in [0.5, 0.6) is 0 Å².